The maximum absolute atomic E-state index is 2.18. The van der Waals surface area contributed by atoms with Crippen molar-refractivity contribution in [3.63, 3.8) is 0 Å². The third-order valence-corrected chi connectivity index (χ3v) is 3.76. The van der Waals surface area contributed by atoms with Crippen LogP contribution in [-0.2, 0) is 0 Å². The van der Waals surface area contributed by atoms with E-state index in [1.807, 2.05) is 76.3 Å². The average molecular weight is 501 g/mol. The van der Waals surface area contributed by atoms with Crippen LogP contribution >= 0.6 is 0 Å². The number of hydrogen-bond acceptors (Lipinski definition) is 0. The second kappa shape index (κ2) is 69.8. The molecule has 0 saturated heterocycles. The summed E-state index contributed by atoms with van der Waals surface area (Å²) >= 11 is 0. The van der Waals surface area contributed by atoms with Crippen LogP contribution in [0.15, 0.2) is 97.2 Å². The van der Waals surface area contributed by atoms with Gasteiger partial charge in [0, 0.05) is 0 Å². The molecule has 0 aromatic carbocycles. The molecule has 0 N–H and O–H groups in total. The predicted octanol–water partition coefficient (Wildman–Crippen LogP) is 13.7. The molecule has 0 aliphatic carbocycles. The van der Waals surface area contributed by atoms with Gasteiger partial charge in [-0.15, -0.1) is 0 Å². The van der Waals surface area contributed by atoms with E-state index in [4.69, 9.17) is 0 Å². The number of allylic oxidation sites excluding steroid dienone is 16. The van der Waals surface area contributed by atoms with Crippen molar-refractivity contribution in [2.75, 3.05) is 0 Å². The van der Waals surface area contributed by atoms with Gasteiger partial charge >= 0.3 is 0 Å². The summed E-state index contributed by atoms with van der Waals surface area (Å²) in [5.74, 6) is 0. The second-order valence-corrected chi connectivity index (χ2v) is 7.53. The van der Waals surface area contributed by atoms with Gasteiger partial charge in [-0.25, -0.2) is 0 Å². The van der Waals surface area contributed by atoms with Gasteiger partial charge in [0.25, 0.3) is 0 Å². The molecule has 36 heavy (non-hydrogen) atoms. The van der Waals surface area contributed by atoms with E-state index in [-0.39, 0.29) is 0 Å². The van der Waals surface area contributed by atoms with Crippen LogP contribution in [0.25, 0.3) is 0 Å². The summed E-state index contributed by atoms with van der Waals surface area (Å²) in [4.78, 5) is 0. The monoisotopic (exact) mass is 501 g/mol. The first-order valence-electron chi connectivity index (χ1n) is 14.4. The smallest absolute Gasteiger partial charge is 0.0353 e. The Bertz CT molecular complexity index is 408. The highest BCUT2D eigenvalue weighted by Gasteiger charge is 1.66. The molecule has 0 amide bonds. The molecule has 0 nitrogen and oxygen atoms in total. The molecule has 0 rings (SSSR count). The highest BCUT2D eigenvalue weighted by molar-refractivity contribution is 4.99. The molecule has 0 aliphatic heterocycles. The van der Waals surface area contributed by atoms with E-state index < -0.39 is 0 Å². The van der Waals surface area contributed by atoms with Crippen molar-refractivity contribution in [3.8, 4) is 0 Å². The van der Waals surface area contributed by atoms with Crippen molar-refractivity contribution in [1.29, 1.82) is 0 Å². The van der Waals surface area contributed by atoms with Crippen LogP contribution in [0.4, 0.5) is 0 Å². The molecular formula is C36H68. The Hall–Kier alpha value is -2.08. The van der Waals surface area contributed by atoms with Crippen LogP contribution < -0.4 is 0 Å². The van der Waals surface area contributed by atoms with Crippen molar-refractivity contribution in [1.82, 2.24) is 0 Å². The SMILES string of the molecule is CC=CC=CC.CC=CC=CC.CC=CCCC.CC=CCCC.CC=CCCC.CC=CCCC. The molecule has 0 unspecified atom stereocenters. The minimum atomic E-state index is 1.23. The number of unbranched alkanes of at least 4 members (excludes halogenated alkanes) is 4. The molecule has 0 saturated carbocycles. The molecule has 0 heteroatoms. The lowest BCUT2D eigenvalue weighted by molar-refractivity contribution is 0.957. The molecule has 0 spiro atoms. The highest BCUT2D eigenvalue weighted by Crippen LogP contribution is 1.87. The molecule has 0 aliphatic rings. The summed E-state index contributed by atoms with van der Waals surface area (Å²) < 4.78 is 0. The fourth-order valence-corrected chi connectivity index (χ4v) is 1.78. The zero-order valence-electron chi connectivity index (χ0n) is 26.9. The van der Waals surface area contributed by atoms with Gasteiger partial charge in [-0.3, -0.25) is 0 Å². The zero-order chi connectivity index (χ0) is 29.0. The maximum atomic E-state index is 2.18. The fraction of sp³-hybridized carbons (Fsp3) is 0.556. The first-order chi connectivity index (χ1) is 17.5. The molecular weight excluding hydrogens is 432 g/mol. The lowest BCUT2D eigenvalue weighted by Crippen LogP contribution is -1.55. The van der Waals surface area contributed by atoms with Gasteiger partial charge in [-0.1, -0.05) is 151 Å². The van der Waals surface area contributed by atoms with Crippen molar-refractivity contribution in [2.24, 2.45) is 0 Å². The van der Waals surface area contributed by atoms with Crippen LogP contribution in [-0.4, -0.2) is 0 Å². The van der Waals surface area contributed by atoms with E-state index in [0.29, 0.717) is 0 Å². The van der Waals surface area contributed by atoms with Crippen LogP contribution in [0.3, 0.4) is 0 Å². The zero-order valence-corrected chi connectivity index (χ0v) is 26.9. The normalized spacial score (nSPS) is 10.8. The van der Waals surface area contributed by atoms with E-state index in [1.165, 1.54) is 51.4 Å². The minimum absolute atomic E-state index is 1.23. The molecule has 0 aromatic rings. The van der Waals surface area contributed by atoms with E-state index in [2.05, 4.69) is 104 Å². The summed E-state index contributed by atoms with van der Waals surface area (Å²) in [6.45, 7) is 24.9. The van der Waals surface area contributed by atoms with Gasteiger partial charge in [-0.2, -0.15) is 0 Å². The van der Waals surface area contributed by atoms with Crippen molar-refractivity contribution in [3.05, 3.63) is 97.2 Å². The van der Waals surface area contributed by atoms with Gasteiger partial charge in [0.15, 0.2) is 0 Å². The van der Waals surface area contributed by atoms with Crippen molar-refractivity contribution < 1.29 is 0 Å². The van der Waals surface area contributed by atoms with Gasteiger partial charge in [0.1, 0.15) is 0 Å². The van der Waals surface area contributed by atoms with Gasteiger partial charge in [-0.05, 0) is 81.1 Å². The molecule has 212 valence electrons. The van der Waals surface area contributed by atoms with Crippen molar-refractivity contribution in [2.45, 2.75) is 134 Å². The summed E-state index contributed by atoms with van der Waals surface area (Å²) in [5, 5.41) is 0. The lowest BCUT2D eigenvalue weighted by Gasteiger charge is -1.76. The first-order valence-corrected chi connectivity index (χ1v) is 14.4. The Balaban J connectivity index is -0.0000000750. The maximum Gasteiger partial charge on any atom is -0.0353 e. The van der Waals surface area contributed by atoms with E-state index in [9.17, 15) is 0 Å². The summed E-state index contributed by atoms with van der Waals surface area (Å²) in [5.41, 5.74) is 0. The van der Waals surface area contributed by atoms with Crippen LogP contribution in [0.5, 0.6) is 0 Å². The Morgan fingerprint density at radius 2 is 0.444 bits per heavy atom. The molecule has 0 fully saturated rings. The summed E-state index contributed by atoms with van der Waals surface area (Å²) in [7, 11) is 0. The third kappa shape index (κ3) is 120. The Labute approximate surface area is 231 Å². The fourth-order valence-electron chi connectivity index (χ4n) is 1.78. The first kappa shape index (κ1) is 47.2. The molecule has 0 atom stereocenters. The molecule has 0 bridgehead atoms. The van der Waals surface area contributed by atoms with Gasteiger partial charge in [0.05, 0.1) is 0 Å². The average Bonchev–Trinajstić information content (AvgIpc) is 2.92. The summed E-state index contributed by atoms with van der Waals surface area (Å²) in [6, 6.07) is 0. The number of hydrogen-bond donors (Lipinski definition) is 0. The summed E-state index contributed by atoms with van der Waals surface area (Å²) in [6.07, 6.45) is 43.1. The molecule has 0 heterocycles. The van der Waals surface area contributed by atoms with Gasteiger partial charge < -0.3 is 0 Å². The Morgan fingerprint density at radius 1 is 0.278 bits per heavy atom. The number of rotatable bonds is 10. The molecule has 0 radical (unpaired) electrons. The van der Waals surface area contributed by atoms with E-state index >= 15 is 0 Å². The standard InChI is InChI=1S/4C6H12.2C6H10/c6*1-3-5-6-4-2/h4*3,5H,4,6H2,1-2H3;2*3-6H,1-2H3. The van der Waals surface area contributed by atoms with E-state index in [0.717, 1.165) is 0 Å². The minimum Gasteiger partial charge on any atom is -0.0917 e. The largest absolute Gasteiger partial charge is 0.0917 e. The van der Waals surface area contributed by atoms with Crippen molar-refractivity contribution >= 4 is 0 Å². The Morgan fingerprint density at radius 3 is 0.500 bits per heavy atom. The van der Waals surface area contributed by atoms with E-state index in [1.54, 1.807) is 0 Å². The predicted molar refractivity (Wildman–Crippen MR) is 178 cm³/mol. The quantitative estimate of drug-likeness (QED) is 0.206. The van der Waals surface area contributed by atoms with Crippen LogP contribution in [0.1, 0.15) is 134 Å². The van der Waals surface area contributed by atoms with Gasteiger partial charge in [0.2, 0.25) is 0 Å². The van der Waals surface area contributed by atoms with Crippen LogP contribution in [0, 0.1) is 0 Å². The molecule has 0 aromatic heterocycles. The third-order valence-electron chi connectivity index (χ3n) is 3.76. The Kier molecular flexibility index (Phi) is 91.4. The highest BCUT2D eigenvalue weighted by atomic mass is 13.7. The second-order valence-electron chi connectivity index (χ2n) is 7.53. The lowest BCUT2D eigenvalue weighted by atomic mass is 10.3. The van der Waals surface area contributed by atoms with Crippen LogP contribution in [0.2, 0.25) is 0 Å². The topological polar surface area (TPSA) is 0 Å².